The van der Waals surface area contributed by atoms with Crippen molar-refractivity contribution in [2.45, 2.75) is 43.2 Å². The van der Waals surface area contributed by atoms with Crippen molar-refractivity contribution in [2.75, 3.05) is 5.32 Å². The van der Waals surface area contributed by atoms with E-state index in [1.807, 2.05) is 24.4 Å². The SMILES string of the molecule is Cc1ccc(-n2c(SCc3ccc(F)cc3)nnc2C(C)NC(=O)Nc2cc(C(F)(F)F)cc(C(F)(F)F)c2)cc1. The Morgan fingerprint density at radius 3 is 2.05 bits per heavy atom. The minimum atomic E-state index is -5.06. The number of rotatable bonds is 7. The zero-order valence-electron chi connectivity index (χ0n) is 21.4. The van der Waals surface area contributed by atoms with E-state index in [2.05, 4.69) is 15.5 Å². The van der Waals surface area contributed by atoms with E-state index in [0.717, 1.165) is 11.1 Å². The van der Waals surface area contributed by atoms with Gasteiger partial charge < -0.3 is 10.6 Å². The standard InChI is InChI=1S/C27H22F7N5OS/c1-15-3-9-22(10-4-15)39-23(37-38-25(39)41-14-17-5-7-20(28)8-6-17)16(2)35-24(40)36-21-12-18(26(29,30)31)11-19(13-21)27(32,33)34/h3-13,16H,14H2,1-2H3,(H2,35,36,40). The van der Waals surface area contributed by atoms with Gasteiger partial charge in [-0.2, -0.15) is 26.3 Å². The van der Waals surface area contributed by atoms with E-state index >= 15 is 0 Å². The monoisotopic (exact) mass is 597 g/mol. The van der Waals surface area contributed by atoms with E-state index in [-0.39, 0.29) is 17.7 Å². The first-order valence-electron chi connectivity index (χ1n) is 12.0. The lowest BCUT2D eigenvalue weighted by Gasteiger charge is -2.18. The Kier molecular flexibility index (Phi) is 8.61. The predicted molar refractivity (Wildman–Crippen MR) is 139 cm³/mol. The van der Waals surface area contributed by atoms with Crippen LogP contribution in [-0.4, -0.2) is 20.8 Å². The van der Waals surface area contributed by atoms with Crippen LogP contribution in [0.25, 0.3) is 5.69 Å². The molecule has 41 heavy (non-hydrogen) atoms. The van der Waals surface area contributed by atoms with E-state index in [1.54, 1.807) is 28.8 Å². The number of benzene rings is 3. The molecule has 0 bridgehead atoms. The number of nitrogens with one attached hydrogen (secondary N) is 2. The number of alkyl halides is 6. The number of nitrogens with zero attached hydrogens (tertiary/aromatic N) is 3. The number of aromatic nitrogens is 3. The summed E-state index contributed by atoms with van der Waals surface area (Å²) in [5.74, 6) is 0.302. The maximum atomic E-state index is 13.3. The third kappa shape index (κ3) is 7.57. The molecule has 216 valence electrons. The van der Waals surface area contributed by atoms with Gasteiger partial charge in [0, 0.05) is 17.1 Å². The molecule has 1 unspecified atom stereocenters. The average molecular weight is 598 g/mol. The lowest BCUT2D eigenvalue weighted by molar-refractivity contribution is -0.143. The molecule has 0 aliphatic rings. The summed E-state index contributed by atoms with van der Waals surface area (Å²) in [7, 11) is 0. The second-order valence-electron chi connectivity index (χ2n) is 9.04. The smallest absolute Gasteiger partial charge is 0.328 e. The van der Waals surface area contributed by atoms with Gasteiger partial charge in [-0.15, -0.1) is 10.2 Å². The van der Waals surface area contributed by atoms with Crippen LogP contribution in [0, 0.1) is 12.7 Å². The van der Waals surface area contributed by atoms with Gasteiger partial charge in [-0.05, 0) is 61.9 Å². The molecule has 14 heteroatoms. The number of halogens is 7. The molecule has 0 aliphatic heterocycles. The molecule has 0 fully saturated rings. The number of hydrogen-bond acceptors (Lipinski definition) is 4. The summed E-state index contributed by atoms with van der Waals surface area (Å²) in [4.78, 5) is 12.7. The molecule has 2 N–H and O–H groups in total. The minimum absolute atomic E-state index is 0.0269. The van der Waals surface area contributed by atoms with Crippen molar-refractivity contribution in [3.63, 3.8) is 0 Å². The molecule has 0 radical (unpaired) electrons. The quantitative estimate of drug-likeness (QED) is 0.168. The third-order valence-electron chi connectivity index (χ3n) is 5.81. The van der Waals surface area contributed by atoms with Crippen molar-refractivity contribution in [3.05, 3.63) is 101 Å². The Balaban J connectivity index is 1.58. The van der Waals surface area contributed by atoms with E-state index in [0.29, 0.717) is 28.7 Å². The number of amides is 2. The van der Waals surface area contributed by atoms with Gasteiger partial charge in [-0.3, -0.25) is 4.57 Å². The first-order chi connectivity index (χ1) is 19.2. The lowest BCUT2D eigenvalue weighted by atomic mass is 10.1. The van der Waals surface area contributed by atoms with Gasteiger partial charge in [0.05, 0.1) is 17.2 Å². The van der Waals surface area contributed by atoms with Crippen molar-refractivity contribution < 1.29 is 35.5 Å². The summed E-state index contributed by atoms with van der Waals surface area (Å²) in [5.41, 5.74) is -1.35. The van der Waals surface area contributed by atoms with Crippen LogP contribution in [0.15, 0.2) is 71.9 Å². The second kappa shape index (κ2) is 11.8. The van der Waals surface area contributed by atoms with Crippen LogP contribution < -0.4 is 10.6 Å². The highest BCUT2D eigenvalue weighted by atomic mass is 32.2. The topological polar surface area (TPSA) is 71.8 Å². The number of aryl methyl sites for hydroxylation is 1. The molecule has 0 saturated carbocycles. The number of hydrogen-bond donors (Lipinski definition) is 2. The molecule has 1 atom stereocenters. The molecule has 1 aromatic heterocycles. The van der Waals surface area contributed by atoms with Crippen LogP contribution in [0.1, 0.15) is 41.0 Å². The van der Waals surface area contributed by atoms with Gasteiger partial charge in [0.25, 0.3) is 0 Å². The molecule has 0 aliphatic carbocycles. The Labute approximate surface area is 234 Å². The highest BCUT2D eigenvalue weighted by Crippen LogP contribution is 2.37. The number of carbonyl (C=O) groups is 1. The fraction of sp³-hybridized carbons (Fsp3) is 0.222. The first kappa shape index (κ1) is 29.9. The number of anilines is 1. The molecular weight excluding hydrogens is 575 g/mol. The predicted octanol–water partition coefficient (Wildman–Crippen LogP) is 7.93. The Morgan fingerprint density at radius 1 is 0.902 bits per heavy atom. The number of thioether (sulfide) groups is 1. The van der Waals surface area contributed by atoms with Gasteiger partial charge in [-0.1, -0.05) is 41.6 Å². The molecule has 2 amide bonds. The summed E-state index contributed by atoms with van der Waals surface area (Å²) in [6.07, 6.45) is -10.1. The largest absolute Gasteiger partial charge is 0.416 e. The maximum absolute atomic E-state index is 13.3. The van der Waals surface area contributed by atoms with Crippen LogP contribution in [0.3, 0.4) is 0 Å². The zero-order valence-corrected chi connectivity index (χ0v) is 22.3. The van der Waals surface area contributed by atoms with E-state index in [4.69, 9.17) is 0 Å². The number of carbonyl (C=O) groups excluding carboxylic acids is 1. The average Bonchev–Trinajstić information content (AvgIpc) is 3.31. The van der Waals surface area contributed by atoms with Crippen molar-refractivity contribution in [2.24, 2.45) is 0 Å². The van der Waals surface area contributed by atoms with Gasteiger partial charge in [-0.25, -0.2) is 9.18 Å². The van der Waals surface area contributed by atoms with Crippen molar-refractivity contribution in [1.82, 2.24) is 20.1 Å². The van der Waals surface area contributed by atoms with Crippen LogP contribution in [0.2, 0.25) is 0 Å². The highest BCUT2D eigenvalue weighted by molar-refractivity contribution is 7.98. The molecule has 3 aromatic carbocycles. The summed E-state index contributed by atoms with van der Waals surface area (Å²) in [6.45, 7) is 3.43. The first-order valence-corrected chi connectivity index (χ1v) is 13.0. The fourth-order valence-corrected chi connectivity index (χ4v) is 4.69. The van der Waals surface area contributed by atoms with Crippen LogP contribution in [0.5, 0.6) is 0 Å². The van der Waals surface area contributed by atoms with Crippen molar-refractivity contribution >= 4 is 23.5 Å². The normalized spacial score (nSPS) is 12.7. The third-order valence-corrected chi connectivity index (χ3v) is 6.81. The summed E-state index contributed by atoms with van der Waals surface area (Å²) < 4.78 is 94.1. The van der Waals surface area contributed by atoms with Crippen LogP contribution in [-0.2, 0) is 18.1 Å². The molecule has 4 aromatic rings. The number of urea groups is 1. The summed E-state index contributed by atoms with van der Waals surface area (Å²) >= 11 is 1.30. The Hall–Kier alpha value is -4.07. The molecule has 6 nitrogen and oxygen atoms in total. The highest BCUT2D eigenvalue weighted by Gasteiger charge is 2.37. The molecule has 0 saturated heterocycles. The summed E-state index contributed by atoms with van der Waals surface area (Å²) in [5, 5.41) is 13.4. The Morgan fingerprint density at radius 2 is 1.49 bits per heavy atom. The second-order valence-corrected chi connectivity index (χ2v) is 9.98. The van der Waals surface area contributed by atoms with Crippen molar-refractivity contribution in [1.29, 1.82) is 0 Å². The Bertz CT molecular complexity index is 1490. The minimum Gasteiger partial charge on any atom is -0.328 e. The fourth-order valence-electron chi connectivity index (χ4n) is 3.78. The van der Waals surface area contributed by atoms with Gasteiger partial charge >= 0.3 is 18.4 Å². The van der Waals surface area contributed by atoms with Gasteiger partial charge in [0.2, 0.25) is 0 Å². The van der Waals surface area contributed by atoms with Crippen LogP contribution >= 0.6 is 11.8 Å². The molecule has 4 rings (SSSR count). The summed E-state index contributed by atoms with van der Waals surface area (Å²) in [6, 6.07) is 12.1. The molecular formula is C27H22F7N5OS. The van der Waals surface area contributed by atoms with E-state index in [1.165, 1.54) is 30.8 Å². The van der Waals surface area contributed by atoms with Crippen LogP contribution in [0.4, 0.5) is 41.2 Å². The van der Waals surface area contributed by atoms with E-state index in [9.17, 15) is 35.5 Å². The van der Waals surface area contributed by atoms with Gasteiger partial charge in [0.15, 0.2) is 11.0 Å². The van der Waals surface area contributed by atoms with Gasteiger partial charge in [0.1, 0.15) is 5.82 Å². The van der Waals surface area contributed by atoms with Crippen molar-refractivity contribution in [3.8, 4) is 5.69 Å². The maximum Gasteiger partial charge on any atom is 0.416 e. The zero-order chi connectivity index (χ0) is 29.9. The molecule has 0 spiro atoms. The lowest BCUT2D eigenvalue weighted by Crippen LogP contribution is -2.32. The van der Waals surface area contributed by atoms with E-state index < -0.39 is 41.2 Å². The molecule has 1 heterocycles.